The lowest BCUT2D eigenvalue weighted by molar-refractivity contribution is 0.198. The number of hydrogen-bond donors (Lipinski definition) is 1. The summed E-state index contributed by atoms with van der Waals surface area (Å²) in [7, 11) is 1.58. The first kappa shape index (κ1) is 13.4. The minimum absolute atomic E-state index is 0.451. The molecule has 0 bridgehead atoms. The van der Waals surface area contributed by atoms with E-state index in [9.17, 15) is 5.11 Å². The van der Waals surface area contributed by atoms with Crippen molar-refractivity contribution in [2.45, 2.75) is 19.6 Å². The fourth-order valence-corrected chi connectivity index (χ4v) is 1.70. The fraction of sp³-hybridized carbons (Fsp3) is 0.267. The molecular weight excluding hydrogens is 242 g/mol. The zero-order valence-corrected chi connectivity index (χ0v) is 11.0. The first-order valence-corrected chi connectivity index (χ1v) is 6.08. The lowest BCUT2D eigenvalue weighted by Crippen LogP contribution is -1.99. The third kappa shape index (κ3) is 3.45. The fourth-order valence-electron chi connectivity index (χ4n) is 1.70. The van der Waals surface area contributed by atoms with Gasteiger partial charge in [-0.2, -0.15) is 0 Å². The van der Waals surface area contributed by atoms with Gasteiger partial charge in [0.25, 0.3) is 0 Å². The SMILES string of the molecule is COc1cc([C@H](C)O)ccc1OCc1ccncc1. The Morgan fingerprint density at radius 2 is 1.89 bits per heavy atom. The third-order valence-corrected chi connectivity index (χ3v) is 2.81. The maximum atomic E-state index is 9.54. The number of aromatic nitrogens is 1. The van der Waals surface area contributed by atoms with Crippen molar-refractivity contribution in [3.63, 3.8) is 0 Å². The van der Waals surface area contributed by atoms with Crippen LogP contribution in [0.5, 0.6) is 11.5 Å². The molecular formula is C15H17NO3. The molecule has 1 heterocycles. The van der Waals surface area contributed by atoms with Crippen molar-refractivity contribution in [3.8, 4) is 11.5 Å². The third-order valence-electron chi connectivity index (χ3n) is 2.81. The molecule has 2 rings (SSSR count). The van der Waals surface area contributed by atoms with E-state index in [0.29, 0.717) is 18.1 Å². The minimum atomic E-state index is -0.525. The Morgan fingerprint density at radius 3 is 2.53 bits per heavy atom. The second-order valence-corrected chi connectivity index (χ2v) is 4.23. The smallest absolute Gasteiger partial charge is 0.161 e. The van der Waals surface area contributed by atoms with Gasteiger partial charge in [0.05, 0.1) is 13.2 Å². The van der Waals surface area contributed by atoms with Crippen LogP contribution in [0.25, 0.3) is 0 Å². The van der Waals surface area contributed by atoms with Crippen molar-refractivity contribution in [1.29, 1.82) is 0 Å². The Balaban J connectivity index is 2.12. The average molecular weight is 259 g/mol. The predicted octanol–water partition coefficient (Wildman–Crippen LogP) is 2.72. The summed E-state index contributed by atoms with van der Waals surface area (Å²) in [4.78, 5) is 3.96. The van der Waals surface area contributed by atoms with Crippen LogP contribution in [0.4, 0.5) is 0 Å². The summed E-state index contributed by atoms with van der Waals surface area (Å²) in [5, 5.41) is 9.54. The Hall–Kier alpha value is -2.07. The van der Waals surface area contributed by atoms with E-state index in [4.69, 9.17) is 9.47 Å². The molecule has 1 aromatic carbocycles. The Bertz CT molecular complexity index is 526. The van der Waals surface area contributed by atoms with Crippen molar-refractivity contribution < 1.29 is 14.6 Å². The largest absolute Gasteiger partial charge is 0.493 e. The van der Waals surface area contributed by atoms with Crippen LogP contribution in [0.1, 0.15) is 24.2 Å². The van der Waals surface area contributed by atoms with Crippen molar-refractivity contribution in [3.05, 3.63) is 53.9 Å². The average Bonchev–Trinajstić information content (AvgIpc) is 2.45. The van der Waals surface area contributed by atoms with Crippen molar-refractivity contribution >= 4 is 0 Å². The molecule has 0 spiro atoms. The van der Waals surface area contributed by atoms with E-state index in [1.54, 1.807) is 32.5 Å². The van der Waals surface area contributed by atoms with Gasteiger partial charge in [0.1, 0.15) is 6.61 Å². The molecule has 100 valence electrons. The predicted molar refractivity (Wildman–Crippen MR) is 72.2 cm³/mol. The summed E-state index contributed by atoms with van der Waals surface area (Å²) >= 11 is 0. The second-order valence-electron chi connectivity index (χ2n) is 4.23. The Kier molecular flexibility index (Phi) is 4.36. The molecule has 0 saturated carbocycles. The highest BCUT2D eigenvalue weighted by Gasteiger charge is 2.08. The number of aliphatic hydroxyl groups is 1. The molecule has 0 saturated heterocycles. The van der Waals surface area contributed by atoms with E-state index >= 15 is 0 Å². The van der Waals surface area contributed by atoms with Gasteiger partial charge in [-0.3, -0.25) is 4.98 Å². The molecule has 19 heavy (non-hydrogen) atoms. The molecule has 1 aromatic heterocycles. The molecule has 1 atom stereocenters. The van der Waals surface area contributed by atoms with Gasteiger partial charge in [-0.15, -0.1) is 0 Å². The van der Waals surface area contributed by atoms with Crippen LogP contribution >= 0.6 is 0 Å². The summed E-state index contributed by atoms with van der Waals surface area (Å²) in [6, 6.07) is 9.22. The summed E-state index contributed by atoms with van der Waals surface area (Å²) in [6.07, 6.45) is 2.93. The number of benzene rings is 1. The molecule has 0 amide bonds. The van der Waals surface area contributed by atoms with Gasteiger partial charge >= 0.3 is 0 Å². The molecule has 0 aliphatic carbocycles. The number of hydrogen-bond acceptors (Lipinski definition) is 4. The van der Waals surface area contributed by atoms with E-state index < -0.39 is 6.10 Å². The summed E-state index contributed by atoms with van der Waals surface area (Å²) in [5.74, 6) is 1.27. The lowest BCUT2D eigenvalue weighted by atomic mass is 10.1. The van der Waals surface area contributed by atoms with Crippen molar-refractivity contribution in [1.82, 2.24) is 4.98 Å². The number of ether oxygens (including phenoxy) is 2. The molecule has 4 heteroatoms. The minimum Gasteiger partial charge on any atom is -0.493 e. The molecule has 0 aliphatic rings. The van der Waals surface area contributed by atoms with Gasteiger partial charge in [0.2, 0.25) is 0 Å². The first-order chi connectivity index (χ1) is 9.20. The highest BCUT2D eigenvalue weighted by Crippen LogP contribution is 2.30. The normalized spacial score (nSPS) is 11.9. The van der Waals surface area contributed by atoms with Crippen LogP contribution in [-0.4, -0.2) is 17.2 Å². The Morgan fingerprint density at radius 1 is 1.16 bits per heavy atom. The van der Waals surface area contributed by atoms with E-state index in [0.717, 1.165) is 11.1 Å². The van der Waals surface area contributed by atoms with Crippen LogP contribution in [0.2, 0.25) is 0 Å². The van der Waals surface area contributed by atoms with Gasteiger partial charge in [-0.05, 0) is 42.3 Å². The maximum Gasteiger partial charge on any atom is 0.161 e. The van der Waals surface area contributed by atoms with Gasteiger partial charge < -0.3 is 14.6 Å². The molecule has 0 unspecified atom stereocenters. The number of rotatable bonds is 5. The van der Waals surface area contributed by atoms with Gasteiger partial charge in [0.15, 0.2) is 11.5 Å². The zero-order chi connectivity index (χ0) is 13.7. The van der Waals surface area contributed by atoms with E-state index in [1.165, 1.54) is 0 Å². The van der Waals surface area contributed by atoms with E-state index in [-0.39, 0.29) is 0 Å². The van der Waals surface area contributed by atoms with Crippen molar-refractivity contribution in [2.75, 3.05) is 7.11 Å². The molecule has 1 N–H and O–H groups in total. The quantitative estimate of drug-likeness (QED) is 0.897. The highest BCUT2D eigenvalue weighted by molar-refractivity contribution is 5.43. The standard InChI is InChI=1S/C15H17NO3/c1-11(17)13-3-4-14(15(9-13)18-2)19-10-12-5-7-16-8-6-12/h3-9,11,17H,10H2,1-2H3/t11-/m0/s1. The van der Waals surface area contributed by atoms with Gasteiger partial charge in [-0.25, -0.2) is 0 Å². The molecule has 2 aromatic rings. The monoisotopic (exact) mass is 259 g/mol. The maximum absolute atomic E-state index is 9.54. The number of nitrogens with zero attached hydrogens (tertiary/aromatic N) is 1. The van der Waals surface area contributed by atoms with E-state index in [2.05, 4.69) is 4.98 Å². The van der Waals surface area contributed by atoms with Crippen molar-refractivity contribution in [2.24, 2.45) is 0 Å². The second kappa shape index (κ2) is 6.20. The van der Waals surface area contributed by atoms with Crippen LogP contribution in [0.15, 0.2) is 42.7 Å². The number of aliphatic hydroxyl groups excluding tert-OH is 1. The van der Waals surface area contributed by atoms with Crippen LogP contribution < -0.4 is 9.47 Å². The molecule has 0 aliphatic heterocycles. The van der Waals surface area contributed by atoms with Crippen LogP contribution in [0.3, 0.4) is 0 Å². The summed E-state index contributed by atoms with van der Waals surface area (Å²) in [5.41, 5.74) is 1.84. The zero-order valence-electron chi connectivity index (χ0n) is 11.0. The van der Waals surface area contributed by atoms with Gasteiger partial charge in [-0.1, -0.05) is 6.07 Å². The number of methoxy groups -OCH3 is 1. The summed E-state index contributed by atoms with van der Waals surface area (Å²) < 4.78 is 11.0. The lowest BCUT2D eigenvalue weighted by Gasteiger charge is -2.13. The highest BCUT2D eigenvalue weighted by atomic mass is 16.5. The van der Waals surface area contributed by atoms with Gasteiger partial charge in [0, 0.05) is 12.4 Å². The Labute approximate surface area is 112 Å². The molecule has 4 nitrogen and oxygen atoms in total. The first-order valence-electron chi connectivity index (χ1n) is 6.08. The van der Waals surface area contributed by atoms with Crippen LogP contribution in [-0.2, 0) is 6.61 Å². The summed E-state index contributed by atoms with van der Waals surface area (Å²) in [6.45, 7) is 2.17. The molecule has 0 radical (unpaired) electrons. The molecule has 0 fully saturated rings. The van der Waals surface area contributed by atoms with E-state index in [1.807, 2.05) is 24.3 Å². The number of pyridine rings is 1. The van der Waals surface area contributed by atoms with Crippen LogP contribution in [0, 0.1) is 0 Å². The topological polar surface area (TPSA) is 51.6 Å².